The molecule has 0 amide bonds. The molecule has 3 aromatic rings. The van der Waals surface area contributed by atoms with Crippen molar-refractivity contribution in [3.05, 3.63) is 48.0 Å². The molecule has 0 radical (unpaired) electrons. The van der Waals surface area contributed by atoms with E-state index >= 15 is 0 Å². The van der Waals surface area contributed by atoms with Crippen molar-refractivity contribution in [3.8, 4) is 11.3 Å². The van der Waals surface area contributed by atoms with Crippen LogP contribution in [0.4, 0.5) is 23.1 Å². The van der Waals surface area contributed by atoms with E-state index in [2.05, 4.69) is 33.0 Å². The fraction of sp³-hybridized carbons (Fsp3) is 0.348. The van der Waals surface area contributed by atoms with E-state index in [4.69, 9.17) is 5.41 Å². The summed E-state index contributed by atoms with van der Waals surface area (Å²) in [5.41, 5.74) is 3.68. The Kier molecular flexibility index (Phi) is 5.70. The van der Waals surface area contributed by atoms with Crippen molar-refractivity contribution >= 4 is 29.4 Å². The average molecular weight is 404 g/mol. The monoisotopic (exact) mass is 403 g/mol. The lowest BCUT2D eigenvalue weighted by atomic mass is 10.1. The standard InChI is InChI=1S/C23H29N7/c1-15-8-7-11-18(15)26-20-12-21(28-23(25-2)17(20)14-24)27-22-13-19(29-30(22)3)16-9-5-4-6-10-16/h4-6,9-10,12-15,18,24H,7-8,11H2,1-3H3,(H3,25,26,27,28)/t15-,18+/m1/s1. The molecule has 0 bridgehead atoms. The van der Waals surface area contributed by atoms with Crippen molar-refractivity contribution in [2.75, 3.05) is 23.0 Å². The first-order valence-electron chi connectivity index (χ1n) is 10.5. The van der Waals surface area contributed by atoms with E-state index in [1.54, 1.807) is 0 Å². The molecule has 1 fully saturated rings. The summed E-state index contributed by atoms with van der Waals surface area (Å²) in [6.07, 6.45) is 5.00. The van der Waals surface area contributed by atoms with E-state index in [1.165, 1.54) is 19.1 Å². The van der Waals surface area contributed by atoms with Gasteiger partial charge in [-0.05, 0) is 18.8 Å². The lowest BCUT2D eigenvalue weighted by Gasteiger charge is -2.22. The van der Waals surface area contributed by atoms with Gasteiger partial charge < -0.3 is 21.4 Å². The maximum absolute atomic E-state index is 7.90. The second kappa shape index (κ2) is 8.57. The van der Waals surface area contributed by atoms with Gasteiger partial charge in [0.25, 0.3) is 0 Å². The van der Waals surface area contributed by atoms with Crippen molar-refractivity contribution < 1.29 is 0 Å². The Hall–Kier alpha value is -3.35. The van der Waals surface area contributed by atoms with Crippen LogP contribution < -0.4 is 16.0 Å². The zero-order valence-corrected chi connectivity index (χ0v) is 17.7. The number of aryl methyl sites for hydroxylation is 1. The Morgan fingerprint density at radius 2 is 1.97 bits per heavy atom. The number of aromatic nitrogens is 3. The number of nitrogens with zero attached hydrogens (tertiary/aromatic N) is 3. The minimum Gasteiger partial charge on any atom is -0.381 e. The van der Waals surface area contributed by atoms with Gasteiger partial charge in [0, 0.05) is 44.0 Å². The average Bonchev–Trinajstić information content (AvgIpc) is 3.33. The van der Waals surface area contributed by atoms with Crippen LogP contribution in [-0.4, -0.2) is 34.1 Å². The number of hydrogen-bond acceptors (Lipinski definition) is 6. The summed E-state index contributed by atoms with van der Waals surface area (Å²) < 4.78 is 1.82. The molecule has 0 unspecified atom stereocenters. The van der Waals surface area contributed by atoms with E-state index < -0.39 is 0 Å². The molecular weight excluding hydrogens is 374 g/mol. The van der Waals surface area contributed by atoms with Crippen LogP contribution in [0.2, 0.25) is 0 Å². The quantitative estimate of drug-likeness (QED) is 0.423. The molecule has 2 atom stereocenters. The van der Waals surface area contributed by atoms with E-state index in [0.717, 1.165) is 34.7 Å². The van der Waals surface area contributed by atoms with Crippen LogP contribution in [0.1, 0.15) is 31.7 Å². The van der Waals surface area contributed by atoms with Crippen LogP contribution >= 0.6 is 0 Å². The fourth-order valence-electron chi connectivity index (χ4n) is 4.10. The Morgan fingerprint density at radius 1 is 1.17 bits per heavy atom. The van der Waals surface area contributed by atoms with Crippen molar-refractivity contribution in [1.29, 1.82) is 5.41 Å². The highest BCUT2D eigenvalue weighted by molar-refractivity contribution is 5.93. The molecule has 7 nitrogen and oxygen atoms in total. The number of hydrogen-bond donors (Lipinski definition) is 4. The predicted octanol–water partition coefficient (Wildman–Crippen LogP) is 4.87. The van der Waals surface area contributed by atoms with Crippen LogP contribution in [0.15, 0.2) is 42.5 Å². The molecule has 7 heteroatoms. The number of rotatable bonds is 7. The molecule has 1 aliphatic carbocycles. The molecule has 2 heterocycles. The Balaban J connectivity index is 1.65. The molecular formula is C23H29N7. The molecule has 0 aliphatic heterocycles. The first-order chi connectivity index (χ1) is 14.6. The predicted molar refractivity (Wildman–Crippen MR) is 124 cm³/mol. The molecule has 156 valence electrons. The fourth-order valence-corrected chi connectivity index (χ4v) is 4.10. The van der Waals surface area contributed by atoms with Gasteiger partial charge in [-0.25, -0.2) is 4.98 Å². The van der Waals surface area contributed by atoms with Gasteiger partial charge in [0.05, 0.1) is 16.9 Å². The van der Waals surface area contributed by atoms with E-state index in [9.17, 15) is 0 Å². The van der Waals surface area contributed by atoms with E-state index in [0.29, 0.717) is 23.6 Å². The van der Waals surface area contributed by atoms with Gasteiger partial charge >= 0.3 is 0 Å². The topological polar surface area (TPSA) is 90.7 Å². The third-order valence-electron chi connectivity index (χ3n) is 5.85. The second-order valence-electron chi connectivity index (χ2n) is 7.90. The van der Waals surface area contributed by atoms with E-state index in [-0.39, 0.29) is 0 Å². The van der Waals surface area contributed by atoms with Crippen molar-refractivity contribution in [2.45, 2.75) is 32.2 Å². The van der Waals surface area contributed by atoms with Crippen molar-refractivity contribution in [3.63, 3.8) is 0 Å². The van der Waals surface area contributed by atoms with Crippen LogP contribution in [0.25, 0.3) is 11.3 Å². The van der Waals surface area contributed by atoms with Crippen LogP contribution in [0.3, 0.4) is 0 Å². The van der Waals surface area contributed by atoms with Crippen molar-refractivity contribution in [1.82, 2.24) is 14.8 Å². The van der Waals surface area contributed by atoms with Crippen molar-refractivity contribution in [2.24, 2.45) is 13.0 Å². The summed E-state index contributed by atoms with van der Waals surface area (Å²) in [5, 5.41) is 22.7. The van der Waals surface area contributed by atoms with Crippen LogP contribution in [-0.2, 0) is 7.05 Å². The molecule has 1 saturated carbocycles. The summed E-state index contributed by atoms with van der Waals surface area (Å²) in [6, 6.07) is 14.5. The molecule has 2 aromatic heterocycles. The summed E-state index contributed by atoms with van der Waals surface area (Å²) in [4.78, 5) is 4.68. The third-order valence-corrected chi connectivity index (χ3v) is 5.85. The van der Waals surface area contributed by atoms with Gasteiger partial charge in [-0.2, -0.15) is 5.10 Å². The molecule has 1 aliphatic rings. The maximum atomic E-state index is 7.90. The molecule has 0 spiro atoms. The highest BCUT2D eigenvalue weighted by Crippen LogP contribution is 2.32. The number of benzene rings is 1. The smallest absolute Gasteiger partial charge is 0.139 e. The van der Waals surface area contributed by atoms with Crippen LogP contribution in [0, 0.1) is 11.3 Å². The zero-order chi connectivity index (χ0) is 21.1. The minimum atomic E-state index is 0.421. The van der Waals surface area contributed by atoms with Gasteiger partial charge in [-0.3, -0.25) is 4.68 Å². The Bertz CT molecular complexity index is 1030. The minimum absolute atomic E-state index is 0.421. The second-order valence-corrected chi connectivity index (χ2v) is 7.90. The molecule has 1 aromatic carbocycles. The van der Waals surface area contributed by atoms with Gasteiger partial charge in [-0.15, -0.1) is 0 Å². The summed E-state index contributed by atoms with van der Waals surface area (Å²) >= 11 is 0. The largest absolute Gasteiger partial charge is 0.381 e. The number of nitrogens with one attached hydrogen (secondary N) is 4. The SMILES string of the molecule is CNc1nc(Nc2cc(-c3ccccc3)nn2C)cc(N[C@H]2CCC[C@H]2C)c1C=N. The summed E-state index contributed by atoms with van der Waals surface area (Å²) in [5.74, 6) is 2.86. The molecule has 0 saturated heterocycles. The summed E-state index contributed by atoms with van der Waals surface area (Å²) in [7, 11) is 3.75. The number of pyridine rings is 1. The number of anilines is 4. The lowest BCUT2D eigenvalue weighted by Crippen LogP contribution is -2.23. The van der Waals surface area contributed by atoms with Crippen LogP contribution in [0.5, 0.6) is 0 Å². The first kappa shape index (κ1) is 19.9. The van der Waals surface area contributed by atoms with Gasteiger partial charge in [0.15, 0.2) is 0 Å². The van der Waals surface area contributed by atoms with Gasteiger partial charge in [0.2, 0.25) is 0 Å². The lowest BCUT2D eigenvalue weighted by molar-refractivity contribution is 0.556. The maximum Gasteiger partial charge on any atom is 0.139 e. The third kappa shape index (κ3) is 4.01. The van der Waals surface area contributed by atoms with Gasteiger partial charge in [-0.1, -0.05) is 43.7 Å². The highest BCUT2D eigenvalue weighted by Gasteiger charge is 2.24. The Labute approximate surface area is 177 Å². The van der Waals surface area contributed by atoms with E-state index in [1.807, 2.05) is 61.2 Å². The normalized spacial score (nSPS) is 18.2. The first-order valence-corrected chi connectivity index (χ1v) is 10.5. The highest BCUT2D eigenvalue weighted by atomic mass is 15.3. The molecule has 4 rings (SSSR count). The molecule has 30 heavy (non-hydrogen) atoms. The molecule has 4 N–H and O–H groups in total. The Morgan fingerprint density at radius 3 is 2.63 bits per heavy atom. The zero-order valence-electron chi connectivity index (χ0n) is 17.7. The summed E-state index contributed by atoms with van der Waals surface area (Å²) in [6.45, 7) is 2.29. The van der Waals surface area contributed by atoms with Gasteiger partial charge in [0.1, 0.15) is 17.5 Å².